The number of ether oxygens (including phenoxy) is 1. The first-order chi connectivity index (χ1) is 10.1. The van der Waals surface area contributed by atoms with Gasteiger partial charge in [0.25, 0.3) is 0 Å². The zero-order valence-electron chi connectivity index (χ0n) is 14.0. The summed E-state index contributed by atoms with van der Waals surface area (Å²) >= 11 is 0. The summed E-state index contributed by atoms with van der Waals surface area (Å²) in [6.07, 6.45) is 2.08. The van der Waals surface area contributed by atoms with E-state index in [0.717, 1.165) is 32.0 Å². The lowest BCUT2D eigenvalue weighted by atomic mass is 10.2. The zero-order chi connectivity index (χ0) is 15.5. The van der Waals surface area contributed by atoms with E-state index in [1.165, 1.54) is 0 Å². The van der Waals surface area contributed by atoms with E-state index < -0.39 is 0 Å². The predicted molar refractivity (Wildman–Crippen MR) is 101 cm³/mol. The molecule has 1 aliphatic carbocycles. The molecule has 0 heterocycles. The fourth-order valence-electron chi connectivity index (χ4n) is 1.74. The van der Waals surface area contributed by atoms with Gasteiger partial charge in [-0.2, -0.15) is 0 Å². The molecule has 1 saturated carbocycles. The van der Waals surface area contributed by atoms with Crippen LogP contribution in [0.2, 0.25) is 0 Å². The first-order valence-electron chi connectivity index (χ1n) is 8.01. The molecule has 0 aromatic carbocycles. The summed E-state index contributed by atoms with van der Waals surface area (Å²) in [6, 6.07) is 0. The van der Waals surface area contributed by atoms with Crippen molar-refractivity contribution in [2.45, 2.75) is 33.6 Å². The van der Waals surface area contributed by atoms with Gasteiger partial charge < -0.3 is 20.7 Å². The summed E-state index contributed by atoms with van der Waals surface area (Å²) in [7, 11) is 0. The fourth-order valence-corrected chi connectivity index (χ4v) is 1.74. The number of aliphatic imine (C=N–C) groups is 1. The monoisotopic (exact) mass is 426 g/mol. The molecule has 1 rings (SSSR count). The molecule has 0 aromatic rings. The number of nitrogens with zero attached hydrogens (tertiary/aromatic N) is 1. The first-order valence-corrected chi connectivity index (χ1v) is 8.01. The Balaban J connectivity index is 0.00000441. The standard InChI is InChI=1S/C15H30N4O2.HI/c1-4-16-15(19-9-10-21-11-12(2)3)18-8-7-17-14(20)13-5-6-13;/h12-13H,4-11H2,1-3H3,(H,17,20)(H2,16,18,19);1H. The Hall–Kier alpha value is -0.570. The normalized spacial score (nSPS) is 14.5. The van der Waals surface area contributed by atoms with Gasteiger partial charge in [-0.05, 0) is 25.7 Å². The van der Waals surface area contributed by atoms with E-state index in [-0.39, 0.29) is 35.8 Å². The largest absolute Gasteiger partial charge is 0.379 e. The molecule has 0 aliphatic heterocycles. The minimum Gasteiger partial charge on any atom is -0.379 e. The van der Waals surface area contributed by atoms with E-state index in [2.05, 4.69) is 34.8 Å². The van der Waals surface area contributed by atoms with Gasteiger partial charge in [-0.25, -0.2) is 0 Å². The highest BCUT2D eigenvalue weighted by Gasteiger charge is 2.28. The average Bonchev–Trinajstić information content (AvgIpc) is 3.26. The Morgan fingerprint density at radius 2 is 1.91 bits per heavy atom. The molecule has 0 radical (unpaired) electrons. The molecular formula is C15H31IN4O2. The Labute approximate surface area is 151 Å². The van der Waals surface area contributed by atoms with Crippen LogP contribution in [-0.4, -0.2) is 51.3 Å². The summed E-state index contributed by atoms with van der Waals surface area (Å²) in [5.41, 5.74) is 0. The third-order valence-electron chi connectivity index (χ3n) is 2.97. The van der Waals surface area contributed by atoms with Crippen LogP contribution in [0.4, 0.5) is 0 Å². The number of rotatable bonds is 10. The van der Waals surface area contributed by atoms with Gasteiger partial charge in [0.05, 0.1) is 13.2 Å². The number of hydrogen-bond acceptors (Lipinski definition) is 3. The summed E-state index contributed by atoms with van der Waals surface area (Å²) in [5.74, 6) is 1.77. The fraction of sp³-hybridized carbons (Fsp3) is 0.867. The smallest absolute Gasteiger partial charge is 0.223 e. The van der Waals surface area contributed by atoms with Gasteiger partial charge in [0.1, 0.15) is 0 Å². The van der Waals surface area contributed by atoms with E-state index >= 15 is 0 Å². The first kappa shape index (κ1) is 21.4. The van der Waals surface area contributed by atoms with Crippen LogP contribution in [0.1, 0.15) is 33.6 Å². The van der Waals surface area contributed by atoms with E-state index in [1.54, 1.807) is 0 Å². The third-order valence-corrected chi connectivity index (χ3v) is 2.97. The van der Waals surface area contributed by atoms with Crippen LogP contribution < -0.4 is 16.0 Å². The van der Waals surface area contributed by atoms with Gasteiger partial charge in [0.15, 0.2) is 5.96 Å². The molecule has 0 bridgehead atoms. The van der Waals surface area contributed by atoms with Crippen molar-refractivity contribution in [3.63, 3.8) is 0 Å². The van der Waals surface area contributed by atoms with E-state index in [4.69, 9.17) is 4.74 Å². The Bertz CT molecular complexity index is 334. The lowest BCUT2D eigenvalue weighted by Crippen LogP contribution is -2.42. The van der Waals surface area contributed by atoms with Crippen LogP contribution in [0, 0.1) is 11.8 Å². The minimum absolute atomic E-state index is 0. The molecule has 3 N–H and O–H groups in total. The molecule has 0 unspecified atom stereocenters. The molecule has 0 saturated heterocycles. The molecule has 0 spiro atoms. The van der Waals surface area contributed by atoms with E-state index in [0.29, 0.717) is 32.2 Å². The Morgan fingerprint density at radius 1 is 1.23 bits per heavy atom. The maximum Gasteiger partial charge on any atom is 0.223 e. The van der Waals surface area contributed by atoms with Crippen molar-refractivity contribution in [2.75, 3.05) is 39.4 Å². The van der Waals surface area contributed by atoms with Crippen LogP contribution in [0.25, 0.3) is 0 Å². The molecule has 0 atom stereocenters. The summed E-state index contributed by atoms with van der Waals surface area (Å²) < 4.78 is 5.49. The molecule has 1 fully saturated rings. The molecule has 6 nitrogen and oxygen atoms in total. The quantitative estimate of drug-likeness (QED) is 0.214. The molecule has 22 heavy (non-hydrogen) atoms. The van der Waals surface area contributed by atoms with Crippen LogP contribution in [0.5, 0.6) is 0 Å². The van der Waals surface area contributed by atoms with Gasteiger partial charge in [0, 0.05) is 32.2 Å². The van der Waals surface area contributed by atoms with Gasteiger partial charge in [0.2, 0.25) is 5.91 Å². The maximum atomic E-state index is 11.5. The lowest BCUT2D eigenvalue weighted by molar-refractivity contribution is -0.122. The van der Waals surface area contributed by atoms with Crippen LogP contribution >= 0.6 is 24.0 Å². The van der Waals surface area contributed by atoms with Crippen molar-refractivity contribution in [2.24, 2.45) is 16.8 Å². The number of carbonyl (C=O) groups is 1. The zero-order valence-corrected chi connectivity index (χ0v) is 16.3. The van der Waals surface area contributed by atoms with Crippen molar-refractivity contribution in [1.29, 1.82) is 0 Å². The highest BCUT2D eigenvalue weighted by Crippen LogP contribution is 2.28. The van der Waals surface area contributed by atoms with Crippen molar-refractivity contribution < 1.29 is 9.53 Å². The number of halogens is 1. The SMILES string of the molecule is CCNC(=NCCOCC(C)C)NCCNC(=O)C1CC1.I. The molecule has 1 amide bonds. The van der Waals surface area contributed by atoms with Crippen LogP contribution in [0.3, 0.4) is 0 Å². The Kier molecular flexibility index (Phi) is 12.6. The lowest BCUT2D eigenvalue weighted by Gasteiger charge is -2.12. The van der Waals surface area contributed by atoms with Gasteiger partial charge in [-0.15, -0.1) is 24.0 Å². The molecule has 7 heteroatoms. The topological polar surface area (TPSA) is 74.8 Å². The second kappa shape index (κ2) is 12.9. The van der Waals surface area contributed by atoms with Crippen LogP contribution in [-0.2, 0) is 9.53 Å². The number of amides is 1. The minimum atomic E-state index is 0. The third kappa shape index (κ3) is 11.1. The molecule has 130 valence electrons. The maximum absolute atomic E-state index is 11.5. The van der Waals surface area contributed by atoms with E-state index in [9.17, 15) is 4.79 Å². The number of carbonyl (C=O) groups excluding carboxylic acids is 1. The highest BCUT2D eigenvalue weighted by molar-refractivity contribution is 14.0. The molecule has 0 aromatic heterocycles. The Morgan fingerprint density at radius 3 is 2.50 bits per heavy atom. The number of hydrogen-bond donors (Lipinski definition) is 3. The molecular weight excluding hydrogens is 395 g/mol. The summed E-state index contributed by atoms with van der Waals surface area (Å²) in [4.78, 5) is 15.9. The van der Waals surface area contributed by atoms with Crippen molar-refractivity contribution in [1.82, 2.24) is 16.0 Å². The van der Waals surface area contributed by atoms with Crippen LogP contribution in [0.15, 0.2) is 4.99 Å². The van der Waals surface area contributed by atoms with Crippen molar-refractivity contribution in [3.8, 4) is 0 Å². The summed E-state index contributed by atoms with van der Waals surface area (Å²) in [5, 5.41) is 9.30. The summed E-state index contributed by atoms with van der Waals surface area (Å²) in [6.45, 7) is 10.4. The second-order valence-electron chi connectivity index (χ2n) is 5.72. The van der Waals surface area contributed by atoms with Crippen molar-refractivity contribution >= 4 is 35.8 Å². The van der Waals surface area contributed by atoms with Gasteiger partial charge in [-0.1, -0.05) is 13.8 Å². The van der Waals surface area contributed by atoms with E-state index in [1.807, 2.05) is 6.92 Å². The van der Waals surface area contributed by atoms with Crippen molar-refractivity contribution in [3.05, 3.63) is 0 Å². The predicted octanol–water partition coefficient (Wildman–Crippen LogP) is 1.36. The molecule has 1 aliphatic rings. The van der Waals surface area contributed by atoms with Gasteiger partial charge >= 0.3 is 0 Å². The number of nitrogens with one attached hydrogen (secondary N) is 3. The highest BCUT2D eigenvalue weighted by atomic mass is 127. The van der Waals surface area contributed by atoms with Gasteiger partial charge in [-0.3, -0.25) is 9.79 Å². The number of guanidine groups is 1. The second-order valence-corrected chi connectivity index (χ2v) is 5.72. The average molecular weight is 426 g/mol.